The van der Waals surface area contributed by atoms with Crippen LogP contribution in [0.3, 0.4) is 0 Å². The molecule has 1 aromatic heterocycles. The fraction of sp³-hybridized carbons (Fsp3) is 0.625. The summed E-state index contributed by atoms with van der Waals surface area (Å²) in [6.07, 6.45) is 6.67. The highest BCUT2D eigenvalue weighted by Gasteiger charge is 2.30. The Balaban J connectivity index is 1.77. The lowest BCUT2D eigenvalue weighted by molar-refractivity contribution is -0.125. The van der Waals surface area contributed by atoms with E-state index in [1.54, 1.807) is 12.4 Å². The summed E-state index contributed by atoms with van der Waals surface area (Å²) in [5.41, 5.74) is 0. The minimum absolute atomic E-state index is 0.0932. The SMILES string of the molecule is CCCCNC(=O)[C@@H](C)N1CC[C@@H](Oc2cccnc2)C1. The lowest BCUT2D eigenvalue weighted by Crippen LogP contribution is -2.44. The fourth-order valence-corrected chi connectivity index (χ4v) is 2.51. The molecule has 1 aromatic rings. The first-order chi connectivity index (χ1) is 10.2. The molecule has 0 spiro atoms. The zero-order valence-electron chi connectivity index (χ0n) is 12.9. The van der Waals surface area contributed by atoms with Gasteiger partial charge in [0, 0.05) is 25.8 Å². The van der Waals surface area contributed by atoms with Gasteiger partial charge in [-0.1, -0.05) is 13.3 Å². The van der Waals surface area contributed by atoms with Crippen molar-refractivity contribution in [2.75, 3.05) is 19.6 Å². The monoisotopic (exact) mass is 291 g/mol. The van der Waals surface area contributed by atoms with Crippen molar-refractivity contribution in [2.45, 2.75) is 45.3 Å². The van der Waals surface area contributed by atoms with Crippen molar-refractivity contribution in [2.24, 2.45) is 0 Å². The van der Waals surface area contributed by atoms with Gasteiger partial charge in [0.05, 0.1) is 12.2 Å². The van der Waals surface area contributed by atoms with E-state index in [4.69, 9.17) is 4.74 Å². The molecular formula is C16H25N3O2. The van der Waals surface area contributed by atoms with Gasteiger partial charge in [-0.3, -0.25) is 14.7 Å². The smallest absolute Gasteiger partial charge is 0.237 e. The molecule has 0 aromatic carbocycles. The number of hydrogen-bond acceptors (Lipinski definition) is 4. The van der Waals surface area contributed by atoms with Crippen LogP contribution in [0.1, 0.15) is 33.1 Å². The molecule has 0 unspecified atom stereocenters. The fourth-order valence-electron chi connectivity index (χ4n) is 2.51. The maximum Gasteiger partial charge on any atom is 0.237 e. The number of aromatic nitrogens is 1. The minimum Gasteiger partial charge on any atom is -0.487 e. The predicted octanol–water partition coefficient (Wildman–Crippen LogP) is 1.84. The molecule has 1 aliphatic heterocycles. The van der Waals surface area contributed by atoms with Gasteiger partial charge in [-0.2, -0.15) is 0 Å². The molecule has 0 radical (unpaired) electrons. The number of amides is 1. The molecule has 5 nitrogen and oxygen atoms in total. The van der Waals surface area contributed by atoms with Gasteiger partial charge >= 0.3 is 0 Å². The summed E-state index contributed by atoms with van der Waals surface area (Å²) in [5, 5.41) is 2.99. The van der Waals surface area contributed by atoms with Crippen molar-refractivity contribution in [3.63, 3.8) is 0 Å². The van der Waals surface area contributed by atoms with Gasteiger partial charge in [-0.15, -0.1) is 0 Å². The number of rotatable bonds is 7. The average molecular weight is 291 g/mol. The third-order valence-electron chi connectivity index (χ3n) is 3.87. The number of carbonyl (C=O) groups excluding carboxylic acids is 1. The summed E-state index contributed by atoms with van der Waals surface area (Å²) in [4.78, 5) is 18.3. The highest BCUT2D eigenvalue weighted by molar-refractivity contribution is 5.81. The standard InChI is InChI=1S/C16H25N3O2/c1-3-4-9-18-16(20)13(2)19-10-7-15(12-19)21-14-6-5-8-17-11-14/h5-6,8,11,13,15H,3-4,7,9-10,12H2,1-2H3,(H,18,20)/t13-,15-/m1/s1. The van der Waals surface area contributed by atoms with E-state index >= 15 is 0 Å². The first kappa shape index (κ1) is 15.8. The number of nitrogens with zero attached hydrogens (tertiary/aromatic N) is 2. The summed E-state index contributed by atoms with van der Waals surface area (Å²) in [6, 6.07) is 3.69. The van der Waals surface area contributed by atoms with E-state index in [1.165, 1.54) is 0 Å². The lowest BCUT2D eigenvalue weighted by Gasteiger charge is -2.23. The Labute approximate surface area is 126 Å². The normalized spacial score (nSPS) is 20.2. The van der Waals surface area contributed by atoms with Crippen LogP contribution in [0.5, 0.6) is 5.75 Å². The van der Waals surface area contributed by atoms with Crippen molar-refractivity contribution in [1.29, 1.82) is 0 Å². The Morgan fingerprint density at radius 3 is 3.19 bits per heavy atom. The van der Waals surface area contributed by atoms with Crippen molar-refractivity contribution >= 4 is 5.91 Å². The van der Waals surface area contributed by atoms with Crippen LogP contribution in [0.2, 0.25) is 0 Å². The Bertz CT molecular complexity index is 438. The molecule has 1 N–H and O–H groups in total. The van der Waals surface area contributed by atoms with Crippen molar-refractivity contribution in [3.05, 3.63) is 24.5 Å². The molecule has 1 saturated heterocycles. The van der Waals surface area contributed by atoms with Gasteiger partial charge in [0.15, 0.2) is 0 Å². The second-order valence-corrected chi connectivity index (χ2v) is 5.53. The highest BCUT2D eigenvalue weighted by atomic mass is 16.5. The molecule has 2 rings (SSSR count). The van der Waals surface area contributed by atoms with E-state index < -0.39 is 0 Å². The Morgan fingerprint density at radius 1 is 1.62 bits per heavy atom. The zero-order valence-corrected chi connectivity index (χ0v) is 12.9. The number of hydrogen-bond donors (Lipinski definition) is 1. The van der Waals surface area contributed by atoms with E-state index in [9.17, 15) is 4.79 Å². The highest BCUT2D eigenvalue weighted by Crippen LogP contribution is 2.19. The van der Waals surface area contributed by atoms with Gasteiger partial charge in [0.2, 0.25) is 5.91 Å². The quantitative estimate of drug-likeness (QED) is 0.779. The first-order valence-corrected chi connectivity index (χ1v) is 7.79. The van der Waals surface area contributed by atoms with E-state index in [0.717, 1.165) is 44.6 Å². The first-order valence-electron chi connectivity index (χ1n) is 7.79. The number of nitrogens with one attached hydrogen (secondary N) is 1. The molecule has 1 amide bonds. The lowest BCUT2D eigenvalue weighted by atomic mass is 10.2. The van der Waals surface area contributed by atoms with Crippen LogP contribution >= 0.6 is 0 Å². The summed E-state index contributed by atoms with van der Waals surface area (Å²) in [7, 11) is 0. The summed E-state index contributed by atoms with van der Waals surface area (Å²) in [6.45, 7) is 6.54. The molecule has 2 atom stereocenters. The largest absolute Gasteiger partial charge is 0.487 e. The predicted molar refractivity (Wildman–Crippen MR) is 82.2 cm³/mol. The topological polar surface area (TPSA) is 54.5 Å². The van der Waals surface area contributed by atoms with Crippen molar-refractivity contribution < 1.29 is 9.53 Å². The number of carbonyl (C=O) groups is 1. The molecule has 116 valence electrons. The molecule has 0 bridgehead atoms. The summed E-state index contributed by atoms with van der Waals surface area (Å²) < 4.78 is 5.90. The van der Waals surface area contributed by atoms with E-state index in [0.29, 0.717) is 0 Å². The van der Waals surface area contributed by atoms with E-state index in [2.05, 4.69) is 22.1 Å². The van der Waals surface area contributed by atoms with Crippen molar-refractivity contribution in [1.82, 2.24) is 15.2 Å². The number of likely N-dealkylation sites (tertiary alicyclic amines) is 1. The van der Waals surface area contributed by atoms with E-state index in [-0.39, 0.29) is 18.1 Å². The van der Waals surface area contributed by atoms with E-state index in [1.807, 2.05) is 19.1 Å². The van der Waals surface area contributed by atoms with Gasteiger partial charge in [0.1, 0.15) is 11.9 Å². The van der Waals surface area contributed by atoms with Crippen LogP contribution in [0.4, 0.5) is 0 Å². The average Bonchev–Trinajstić information content (AvgIpc) is 2.96. The minimum atomic E-state index is -0.0932. The van der Waals surface area contributed by atoms with Crippen LogP contribution in [0.25, 0.3) is 0 Å². The molecule has 2 heterocycles. The van der Waals surface area contributed by atoms with Gasteiger partial charge in [0.25, 0.3) is 0 Å². The maximum absolute atomic E-state index is 12.1. The summed E-state index contributed by atoms with van der Waals surface area (Å²) in [5.74, 6) is 0.912. The van der Waals surface area contributed by atoms with Crippen LogP contribution < -0.4 is 10.1 Å². The van der Waals surface area contributed by atoms with Gasteiger partial charge < -0.3 is 10.1 Å². The van der Waals surface area contributed by atoms with Gasteiger partial charge in [-0.05, 0) is 31.9 Å². The molecule has 0 saturated carbocycles. The number of pyridine rings is 1. The molecule has 1 aliphatic rings. The van der Waals surface area contributed by atoms with Crippen LogP contribution in [0.15, 0.2) is 24.5 Å². The van der Waals surface area contributed by atoms with Crippen LogP contribution in [0, 0.1) is 0 Å². The third kappa shape index (κ3) is 4.70. The Hall–Kier alpha value is -1.62. The second kappa shape index (κ2) is 7.98. The second-order valence-electron chi connectivity index (χ2n) is 5.53. The van der Waals surface area contributed by atoms with Crippen LogP contribution in [-0.4, -0.2) is 47.6 Å². The summed E-state index contributed by atoms with van der Waals surface area (Å²) >= 11 is 0. The van der Waals surface area contributed by atoms with Gasteiger partial charge in [-0.25, -0.2) is 0 Å². The molecule has 21 heavy (non-hydrogen) atoms. The maximum atomic E-state index is 12.1. The molecular weight excluding hydrogens is 266 g/mol. The van der Waals surface area contributed by atoms with Crippen molar-refractivity contribution in [3.8, 4) is 5.75 Å². The van der Waals surface area contributed by atoms with Crippen LogP contribution in [-0.2, 0) is 4.79 Å². The Kier molecular flexibility index (Phi) is 5.99. The number of ether oxygens (including phenoxy) is 1. The number of unbranched alkanes of at least 4 members (excludes halogenated alkanes) is 1. The third-order valence-corrected chi connectivity index (χ3v) is 3.87. The zero-order chi connectivity index (χ0) is 15.1. The molecule has 0 aliphatic carbocycles. The Morgan fingerprint density at radius 2 is 2.48 bits per heavy atom. The molecule has 1 fully saturated rings. The molecule has 5 heteroatoms.